The Morgan fingerprint density at radius 1 is 0.950 bits per heavy atom. The summed E-state index contributed by atoms with van der Waals surface area (Å²) in [5.41, 5.74) is 4.09. The van der Waals surface area contributed by atoms with E-state index in [0.29, 0.717) is 0 Å². The first-order valence-electron chi connectivity index (χ1n) is 6.90. The van der Waals surface area contributed by atoms with E-state index in [1.165, 1.54) is 36.8 Å². The van der Waals surface area contributed by atoms with Gasteiger partial charge < -0.3 is 4.74 Å². The van der Waals surface area contributed by atoms with Crippen molar-refractivity contribution in [1.29, 1.82) is 0 Å². The third-order valence-electron chi connectivity index (χ3n) is 3.71. The molecule has 0 heterocycles. The maximum Gasteiger partial charge on any atom is 0.131 e. The zero-order valence-electron chi connectivity index (χ0n) is 11.2. The molecule has 1 aliphatic rings. The van der Waals surface area contributed by atoms with Crippen molar-refractivity contribution in [2.45, 2.75) is 31.0 Å². The molecule has 1 aliphatic carbocycles. The fourth-order valence-electron chi connectivity index (χ4n) is 2.65. The first kappa shape index (κ1) is 14.2. The van der Waals surface area contributed by atoms with Gasteiger partial charge in [0.25, 0.3) is 0 Å². The molecular weight excluding hydrogens is 380 g/mol. The summed E-state index contributed by atoms with van der Waals surface area (Å²) in [6.07, 6.45) is 4.99. The molecule has 0 amide bonds. The molecule has 2 aromatic carbocycles. The summed E-state index contributed by atoms with van der Waals surface area (Å²) >= 11 is 7.01. The van der Waals surface area contributed by atoms with E-state index in [4.69, 9.17) is 4.74 Å². The van der Waals surface area contributed by atoms with Crippen molar-refractivity contribution in [1.82, 2.24) is 0 Å². The number of ether oxygens (including phenoxy) is 1. The van der Waals surface area contributed by atoms with Crippen LogP contribution in [0.15, 0.2) is 40.9 Å². The Labute approximate surface area is 136 Å². The molecule has 0 atom stereocenters. The summed E-state index contributed by atoms with van der Waals surface area (Å²) in [5, 5.41) is 0.784. The molecule has 0 saturated carbocycles. The average Bonchev–Trinajstić information content (AvgIpc) is 2.49. The molecule has 3 heteroatoms. The van der Waals surface area contributed by atoms with Gasteiger partial charge in [-0.25, -0.2) is 0 Å². The number of fused-ring (bicyclic) bond motifs is 1. The SMILES string of the molecule is BrCc1cc(Br)ccc1Oc1ccc2c(c1)CCCC2. The molecular formula is C17H16Br2O. The Bertz CT molecular complexity index is 622. The molecule has 104 valence electrons. The molecule has 1 nitrogen and oxygen atoms in total. The van der Waals surface area contributed by atoms with Crippen LogP contribution in [0, 0.1) is 0 Å². The van der Waals surface area contributed by atoms with Crippen LogP contribution in [0.4, 0.5) is 0 Å². The maximum absolute atomic E-state index is 6.07. The smallest absolute Gasteiger partial charge is 0.131 e. The minimum atomic E-state index is 0.784. The van der Waals surface area contributed by atoms with Crippen LogP contribution in [0.1, 0.15) is 29.5 Å². The van der Waals surface area contributed by atoms with Crippen LogP contribution >= 0.6 is 31.9 Å². The van der Waals surface area contributed by atoms with E-state index < -0.39 is 0 Å². The Morgan fingerprint density at radius 3 is 2.55 bits per heavy atom. The zero-order chi connectivity index (χ0) is 13.9. The van der Waals surface area contributed by atoms with Crippen molar-refractivity contribution in [3.05, 3.63) is 57.6 Å². The lowest BCUT2D eigenvalue weighted by atomic mass is 9.92. The molecule has 0 aliphatic heterocycles. The van der Waals surface area contributed by atoms with Gasteiger partial charge in [-0.1, -0.05) is 37.9 Å². The lowest BCUT2D eigenvalue weighted by Crippen LogP contribution is -2.02. The van der Waals surface area contributed by atoms with Gasteiger partial charge in [0.15, 0.2) is 0 Å². The molecule has 0 saturated heterocycles. The molecule has 20 heavy (non-hydrogen) atoms. The van der Waals surface area contributed by atoms with Gasteiger partial charge >= 0.3 is 0 Å². The second-order valence-electron chi connectivity index (χ2n) is 5.13. The first-order chi connectivity index (χ1) is 9.76. The largest absolute Gasteiger partial charge is 0.457 e. The van der Waals surface area contributed by atoms with Crippen LogP contribution < -0.4 is 4.74 Å². The molecule has 3 rings (SSSR count). The minimum Gasteiger partial charge on any atom is -0.457 e. The molecule has 0 spiro atoms. The van der Waals surface area contributed by atoms with E-state index in [-0.39, 0.29) is 0 Å². The van der Waals surface area contributed by atoms with Crippen molar-refractivity contribution < 1.29 is 4.74 Å². The predicted octanol–water partition coefficient (Wildman–Crippen LogP) is 6.02. The fraction of sp³-hybridized carbons (Fsp3) is 0.294. The quantitative estimate of drug-likeness (QED) is 0.577. The molecule has 0 radical (unpaired) electrons. The summed E-state index contributed by atoms with van der Waals surface area (Å²) in [7, 11) is 0. The van der Waals surface area contributed by atoms with Crippen LogP contribution in [0.3, 0.4) is 0 Å². The Balaban J connectivity index is 1.87. The Morgan fingerprint density at radius 2 is 1.75 bits per heavy atom. The van der Waals surface area contributed by atoms with Gasteiger partial charge in [-0.05, 0) is 67.1 Å². The van der Waals surface area contributed by atoms with Gasteiger partial charge in [0.05, 0.1) is 0 Å². The number of aryl methyl sites for hydroxylation is 2. The van der Waals surface area contributed by atoms with E-state index in [1.807, 2.05) is 12.1 Å². The van der Waals surface area contributed by atoms with E-state index in [2.05, 4.69) is 56.1 Å². The second kappa shape index (κ2) is 6.31. The van der Waals surface area contributed by atoms with Gasteiger partial charge in [-0.3, -0.25) is 0 Å². The van der Waals surface area contributed by atoms with Gasteiger partial charge in [-0.15, -0.1) is 0 Å². The summed E-state index contributed by atoms with van der Waals surface area (Å²) in [4.78, 5) is 0. The Kier molecular flexibility index (Phi) is 4.47. The third-order valence-corrected chi connectivity index (χ3v) is 4.81. The topological polar surface area (TPSA) is 9.23 Å². The van der Waals surface area contributed by atoms with E-state index >= 15 is 0 Å². The highest BCUT2D eigenvalue weighted by atomic mass is 79.9. The highest BCUT2D eigenvalue weighted by molar-refractivity contribution is 9.10. The van der Waals surface area contributed by atoms with Gasteiger partial charge in [0, 0.05) is 15.4 Å². The molecule has 2 aromatic rings. The highest BCUT2D eigenvalue weighted by Crippen LogP contribution is 2.32. The normalized spacial score (nSPS) is 13.9. The summed E-state index contributed by atoms with van der Waals surface area (Å²) in [6.45, 7) is 0. The molecule has 0 N–H and O–H groups in total. The number of halogens is 2. The van der Waals surface area contributed by atoms with Crippen molar-refractivity contribution >= 4 is 31.9 Å². The lowest BCUT2D eigenvalue weighted by molar-refractivity contribution is 0.476. The number of rotatable bonds is 3. The standard InChI is InChI=1S/C17H16Br2O/c18-11-14-9-15(19)6-8-17(14)20-16-7-5-12-3-1-2-4-13(12)10-16/h5-10H,1-4,11H2. The third kappa shape index (κ3) is 3.09. The van der Waals surface area contributed by atoms with Crippen LogP contribution in [0.5, 0.6) is 11.5 Å². The molecule has 0 fully saturated rings. The van der Waals surface area contributed by atoms with E-state index in [0.717, 1.165) is 26.9 Å². The highest BCUT2D eigenvalue weighted by Gasteiger charge is 2.11. The predicted molar refractivity (Wildman–Crippen MR) is 89.9 cm³/mol. The van der Waals surface area contributed by atoms with Crippen molar-refractivity contribution in [2.24, 2.45) is 0 Å². The zero-order valence-corrected chi connectivity index (χ0v) is 14.3. The van der Waals surface area contributed by atoms with E-state index in [9.17, 15) is 0 Å². The summed E-state index contributed by atoms with van der Waals surface area (Å²) in [6, 6.07) is 12.6. The average molecular weight is 396 g/mol. The second-order valence-corrected chi connectivity index (χ2v) is 6.60. The molecule has 0 bridgehead atoms. The summed E-state index contributed by atoms with van der Waals surface area (Å²) < 4.78 is 7.14. The molecule has 0 unspecified atom stereocenters. The van der Waals surface area contributed by atoms with Crippen molar-refractivity contribution in [3.63, 3.8) is 0 Å². The maximum atomic E-state index is 6.07. The van der Waals surface area contributed by atoms with Crippen LogP contribution in [0.2, 0.25) is 0 Å². The lowest BCUT2D eigenvalue weighted by Gasteiger charge is -2.17. The van der Waals surface area contributed by atoms with Crippen molar-refractivity contribution in [3.8, 4) is 11.5 Å². The van der Waals surface area contributed by atoms with Crippen LogP contribution in [0.25, 0.3) is 0 Å². The van der Waals surface area contributed by atoms with E-state index in [1.54, 1.807) is 0 Å². The number of hydrogen-bond donors (Lipinski definition) is 0. The van der Waals surface area contributed by atoms with Gasteiger partial charge in [-0.2, -0.15) is 0 Å². The summed E-state index contributed by atoms with van der Waals surface area (Å²) in [5.74, 6) is 1.86. The number of benzene rings is 2. The van der Waals surface area contributed by atoms with Crippen LogP contribution in [-0.4, -0.2) is 0 Å². The van der Waals surface area contributed by atoms with Crippen LogP contribution in [-0.2, 0) is 18.2 Å². The first-order valence-corrected chi connectivity index (χ1v) is 8.82. The number of alkyl halides is 1. The molecule has 0 aromatic heterocycles. The van der Waals surface area contributed by atoms with Crippen molar-refractivity contribution in [2.75, 3.05) is 0 Å². The Hall–Kier alpha value is -0.800. The van der Waals surface area contributed by atoms with Gasteiger partial charge in [0.2, 0.25) is 0 Å². The number of hydrogen-bond acceptors (Lipinski definition) is 1. The van der Waals surface area contributed by atoms with Gasteiger partial charge in [0.1, 0.15) is 11.5 Å². The monoisotopic (exact) mass is 394 g/mol. The fourth-order valence-corrected chi connectivity index (χ4v) is 3.50. The minimum absolute atomic E-state index is 0.784.